The van der Waals surface area contributed by atoms with E-state index in [1.807, 2.05) is 0 Å². The zero-order valence-electron chi connectivity index (χ0n) is 16.1. The van der Waals surface area contributed by atoms with Crippen molar-refractivity contribution >= 4 is 11.6 Å². The van der Waals surface area contributed by atoms with Crippen LogP contribution < -0.4 is 24.3 Å². The summed E-state index contributed by atoms with van der Waals surface area (Å²) in [4.78, 5) is 23.4. The molecule has 28 heavy (non-hydrogen) atoms. The summed E-state index contributed by atoms with van der Waals surface area (Å²) < 4.78 is 20.9. The molecule has 0 aliphatic rings. The highest BCUT2D eigenvalue weighted by Crippen LogP contribution is 2.35. The van der Waals surface area contributed by atoms with Crippen molar-refractivity contribution in [3.8, 4) is 23.0 Å². The molecule has 2 rings (SSSR count). The number of carbonyl (C=O) groups is 1. The number of hydrogen-bond acceptors (Lipinski definition) is 7. The Balaban J connectivity index is 2.28. The Bertz CT molecular complexity index is 868. The van der Waals surface area contributed by atoms with Gasteiger partial charge >= 0.3 is 0 Å². The van der Waals surface area contributed by atoms with Crippen LogP contribution in [0.15, 0.2) is 30.3 Å². The van der Waals surface area contributed by atoms with Gasteiger partial charge in [-0.3, -0.25) is 14.9 Å². The summed E-state index contributed by atoms with van der Waals surface area (Å²) in [5.41, 5.74) is 0.257. The molecule has 9 heteroatoms. The van der Waals surface area contributed by atoms with E-state index in [1.165, 1.54) is 33.5 Å². The van der Waals surface area contributed by atoms with Crippen molar-refractivity contribution in [1.29, 1.82) is 0 Å². The molecule has 0 unspecified atom stereocenters. The summed E-state index contributed by atoms with van der Waals surface area (Å²) in [6.07, 6.45) is 0. The van der Waals surface area contributed by atoms with Gasteiger partial charge in [0.2, 0.25) is 0 Å². The molecule has 1 N–H and O–H groups in total. The lowest BCUT2D eigenvalue weighted by atomic mass is 10.1. The Morgan fingerprint density at radius 3 is 2.21 bits per heavy atom. The molecule has 0 bridgehead atoms. The molecule has 0 saturated carbocycles. The van der Waals surface area contributed by atoms with Gasteiger partial charge in [0.25, 0.3) is 11.6 Å². The SMILES string of the molecule is CCOc1cc(C(=O)NCc2ccc(OC)c(OC)c2)c([N+](=O)[O-])cc1OC. The van der Waals surface area contributed by atoms with Gasteiger partial charge in [-0.25, -0.2) is 0 Å². The summed E-state index contributed by atoms with van der Waals surface area (Å²) in [7, 11) is 4.41. The van der Waals surface area contributed by atoms with Gasteiger partial charge in [-0.15, -0.1) is 0 Å². The topological polar surface area (TPSA) is 109 Å². The van der Waals surface area contributed by atoms with Crippen LogP contribution in [0.1, 0.15) is 22.8 Å². The van der Waals surface area contributed by atoms with E-state index in [0.717, 1.165) is 5.56 Å². The molecule has 9 nitrogen and oxygen atoms in total. The minimum Gasteiger partial charge on any atom is -0.493 e. The third-order valence-corrected chi connectivity index (χ3v) is 3.92. The minimum absolute atomic E-state index is 0.116. The van der Waals surface area contributed by atoms with Gasteiger partial charge in [0.05, 0.1) is 38.9 Å². The summed E-state index contributed by atoms with van der Waals surface area (Å²) in [6, 6.07) is 7.67. The van der Waals surface area contributed by atoms with Crippen LogP contribution in [-0.4, -0.2) is 38.8 Å². The molecule has 2 aromatic carbocycles. The van der Waals surface area contributed by atoms with Crippen molar-refractivity contribution in [2.24, 2.45) is 0 Å². The number of methoxy groups -OCH3 is 3. The maximum atomic E-state index is 12.6. The Morgan fingerprint density at radius 1 is 1.00 bits per heavy atom. The molecule has 0 atom stereocenters. The summed E-state index contributed by atoms with van der Waals surface area (Å²) >= 11 is 0. The first-order valence-corrected chi connectivity index (χ1v) is 8.43. The molecule has 0 aromatic heterocycles. The number of nitrogens with one attached hydrogen (secondary N) is 1. The fourth-order valence-corrected chi connectivity index (χ4v) is 2.58. The van der Waals surface area contributed by atoms with Crippen LogP contribution in [0.4, 0.5) is 5.69 Å². The first-order chi connectivity index (χ1) is 13.4. The van der Waals surface area contributed by atoms with Crippen molar-refractivity contribution in [3.63, 3.8) is 0 Å². The normalized spacial score (nSPS) is 10.1. The Labute approximate surface area is 162 Å². The van der Waals surface area contributed by atoms with Crippen LogP contribution in [0.25, 0.3) is 0 Å². The highest BCUT2D eigenvalue weighted by atomic mass is 16.6. The number of ether oxygens (including phenoxy) is 4. The van der Waals surface area contributed by atoms with Crippen molar-refractivity contribution in [3.05, 3.63) is 51.6 Å². The molecule has 0 saturated heterocycles. The van der Waals surface area contributed by atoms with Gasteiger partial charge in [-0.05, 0) is 24.6 Å². The number of nitrogens with zero attached hydrogens (tertiary/aromatic N) is 1. The molecule has 1 amide bonds. The molecular formula is C19H22N2O7. The third kappa shape index (κ3) is 4.61. The van der Waals surface area contributed by atoms with Crippen molar-refractivity contribution in [2.75, 3.05) is 27.9 Å². The molecule has 0 radical (unpaired) electrons. The van der Waals surface area contributed by atoms with E-state index in [9.17, 15) is 14.9 Å². The molecule has 0 aliphatic heterocycles. The molecule has 0 aliphatic carbocycles. The highest BCUT2D eigenvalue weighted by Gasteiger charge is 2.24. The molecule has 2 aromatic rings. The van der Waals surface area contributed by atoms with E-state index in [2.05, 4.69) is 5.32 Å². The zero-order valence-corrected chi connectivity index (χ0v) is 16.1. The molecule has 0 spiro atoms. The van der Waals surface area contributed by atoms with Gasteiger partial charge in [-0.2, -0.15) is 0 Å². The Morgan fingerprint density at radius 2 is 1.64 bits per heavy atom. The highest BCUT2D eigenvalue weighted by molar-refractivity contribution is 5.99. The van der Waals surface area contributed by atoms with E-state index in [4.69, 9.17) is 18.9 Å². The average Bonchev–Trinajstić information content (AvgIpc) is 2.71. The number of nitro benzene ring substituents is 1. The Kier molecular flexibility index (Phi) is 7.02. The number of nitro groups is 1. The quantitative estimate of drug-likeness (QED) is 0.518. The van der Waals surface area contributed by atoms with E-state index in [1.54, 1.807) is 25.1 Å². The fourth-order valence-electron chi connectivity index (χ4n) is 2.58. The predicted octanol–water partition coefficient (Wildman–Crippen LogP) is 2.95. The van der Waals surface area contributed by atoms with Crippen molar-refractivity contribution < 1.29 is 28.7 Å². The van der Waals surface area contributed by atoms with Gasteiger partial charge in [0.15, 0.2) is 23.0 Å². The number of benzene rings is 2. The van der Waals surface area contributed by atoms with Crippen molar-refractivity contribution in [2.45, 2.75) is 13.5 Å². The second kappa shape index (κ2) is 9.45. The van der Waals surface area contributed by atoms with E-state index < -0.39 is 10.8 Å². The molecule has 0 heterocycles. The van der Waals surface area contributed by atoms with Gasteiger partial charge in [0, 0.05) is 12.6 Å². The number of hydrogen-bond donors (Lipinski definition) is 1. The average molecular weight is 390 g/mol. The maximum Gasteiger partial charge on any atom is 0.286 e. The second-order valence-corrected chi connectivity index (χ2v) is 5.58. The summed E-state index contributed by atoms with van der Waals surface area (Å²) in [6.45, 7) is 2.23. The van der Waals surface area contributed by atoms with Crippen LogP contribution in [0.3, 0.4) is 0 Å². The largest absolute Gasteiger partial charge is 0.493 e. The second-order valence-electron chi connectivity index (χ2n) is 5.58. The lowest BCUT2D eigenvalue weighted by Gasteiger charge is -2.13. The summed E-state index contributed by atoms with van der Waals surface area (Å²) in [5, 5.41) is 14.1. The molecule has 150 valence electrons. The Hall–Kier alpha value is -3.49. The first kappa shape index (κ1) is 20.8. The van der Waals surface area contributed by atoms with Crippen LogP contribution in [0.5, 0.6) is 23.0 Å². The standard InChI is InChI=1S/C19H22N2O7/c1-5-28-18-9-13(14(21(23)24)10-17(18)27-4)19(22)20-11-12-6-7-15(25-2)16(8-12)26-3/h6-10H,5,11H2,1-4H3,(H,20,22). The predicted molar refractivity (Wildman–Crippen MR) is 102 cm³/mol. The molecular weight excluding hydrogens is 368 g/mol. The first-order valence-electron chi connectivity index (χ1n) is 8.43. The minimum atomic E-state index is -0.635. The lowest BCUT2D eigenvalue weighted by Crippen LogP contribution is -2.24. The van der Waals surface area contributed by atoms with E-state index in [-0.39, 0.29) is 29.3 Å². The monoisotopic (exact) mass is 390 g/mol. The number of amides is 1. The van der Waals surface area contributed by atoms with Gasteiger partial charge < -0.3 is 24.3 Å². The van der Waals surface area contributed by atoms with Crippen molar-refractivity contribution in [1.82, 2.24) is 5.32 Å². The smallest absolute Gasteiger partial charge is 0.286 e. The lowest BCUT2D eigenvalue weighted by molar-refractivity contribution is -0.385. The van der Waals surface area contributed by atoms with E-state index >= 15 is 0 Å². The third-order valence-electron chi connectivity index (χ3n) is 3.92. The molecule has 0 fully saturated rings. The fraction of sp³-hybridized carbons (Fsp3) is 0.316. The van der Waals surface area contributed by atoms with Crippen LogP contribution in [-0.2, 0) is 6.54 Å². The number of rotatable bonds is 9. The van der Waals surface area contributed by atoms with Gasteiger partial charge in [0.1, 0.15) is 5.56 Å². The summed E-state index contributed by atoms with van der Waals surface area (Å²) in [5.74, 6) is 0.912. The maximum absolute atomic E-state index is 12.6. The number of carbonyl (C=O) groups excluding carboxylic acids is 1. The van der Waals surface area contributed by atoms with E-state index in [0.29, 0.717) is 18.1 Å². The van der Waals surface area contributed by atoms with Gasteiger partial charge in [-0.1, -0.05) is 6.07 Å². The van der Waals surface area contributed by atoms with Crippen LogP contribution >= 0.6 is 0 Å². The van der Waals surface area contributed by atoms with Crippen LogP contribution in [0.2, 0.25) is 0 Å². The zero-order chi connectivity index (χ0) is 20.7. The van der Waals surface area contributed by atoms with Crippen LogP contribution in [0, 0.1) is 10.1 Å².